The van der Waals surface area contributed by atoms with Crippen molar-refractivity contribution in [2.75, 3.05) is 6.61 Å². The van der Waals surface area contributed by atoms with Gasteiger partial charge in [0, 0.05) is 6.08 Å². The molecule has 0 saturated heterocycles. The van der Waals surface area contributed by atoms with E-state index in [4.69, 9.17) is 4.74 Å². The predicted octanol–water partition coefficient (Wildman–Crippen LogP) is 3.16. The Hall–Kier alpha value is -0.0603. The molecule has 0 spiro atoms. The van der Waals surface area contributed by atoms with Crippen molar-refractivity contribution in [3.63, 3.8) is 0 Å². The molecule has 0 aliphatic rings. The average molecular weight is 352 g/mol. The van der Waals surface area contributed by atoms with Gasteiger partial charge >= 0.3 is 43.7 Å². The molecule has 0 heterocycles. The molecule has 0 saturated carbocycles. The van der Waals surface area contributed by atoms with E-state index in [0.717, 1.165) is 18.9 Å². The first-order valence-corrected chi connectivity index (χ1v) is 8.72. The number of carboxylic acid groups (broad SMARTS) is 1. The van der Waals surface area contributed by atoms with Crippen LogP contribution >= 0.6 is 0 Å². The second kappa shape index (κ2) is 20.0. The molecule has 5 heteroatoms. The first kappa shape index (κ1) is 25.2. The van der Waals surface area contributed by atoms with Gasteiger partial charge in [-0.15, -0.1) is 0 Å². The zero-order valence-corrected chi connectivity index (χ0v) is 16.9. The van der Waals surface area contributed by atoms with Gasteiger partial charge in [-0.1, -0.05) is 77.6 Å². The molecule has 0 bridgehead atoms. The van der Waals surface area contributed by atoms with Gasteiger partial charge in [-0.2, -0.15) is 0 Å². The van der Waals surface area contributed by atoms with E-state index in [2.05, 4.69) is 6.92 Å². The maximum Gasteiger partial charge on any atom is 2.00 e. The number of ether oxygens (including phenoxy) is 1. The first-order chi connectivity index (χ1) is 10.7. The monoisotopic (exact) mass is 351 g/mol. The molecule has 4 nitrogen and oxygen atoms in total. The van der Waals surface area contributed by atoms with Crippen LogP contribution in [0.2, 0.25) is 0 Å². The number of carbonyl (C=O) groups is 2. The largest absolute Gasteiger partial charge is 2.00 e. The quantitative estimate of drug-likeness (QED) is 0.197. The van der Waals surface area contributed by atoms with Crippen LogP contribution in [0.3, 0.4) is 0 Å². The van der Waals surface area contributed by atoms with Crippen molar-refractivity contribution >= 4 is 49.7 Å². The molecule has 0 aliphatic heterocycles. The summed E-state index contributed by atoms with van der Waals surface area (Å²) in [6.45, 7) is 2.60. The van der Waals surface area contributed by atoms with Gasteiger partial charge in [0.25, 0.3) is 0 Å². The van der Waals surface area contributed by atoms with Crippen molar-refractivity contribution in [1.82, 2.24) is 0 Å². The Bertz CT molecular complexity index is 316. The molecular formula is C18H31CaO4+. The fourth-order valence-corrected chi connectivity index (χ4v) is 2.30. The van der Waals surface area contributed by atoms with Gasteiger partial charge in [0.05, 0.1) is 12.6 Å². The summed E-state index contributed by atoms with van der Waals surface area (Å²) >= 11 is 0. The third kappa shape index (κ3) is 21.9. The maximum atomic E-state index is 11.0. The Morgan fingerprint density at radius 2 is 1.22 bits per heavy atom. The van der Waals surface area contributed by atoms with Crippen molar-refractivity contribution in [3.05, 3.63) is 12.2 Å². The van der Waals surface area contributed by atoms with Crippen molar-refractivity contribution in [2.24, 2.45) is 0 Å². The fourth-order valence-electron chi connectivity index (χ4n) is 2.30. The predicted molar refractivity (Wildman–Crippen MR) is 91.9 cm³/mol. The fraction of sp³-hybridized carbons (Fsp3) is 0.778. The van der Waals surface area contributed by atoms with Gasteiger partial charge in [0.2, 0.25) is 0 Å². The van der Waals surface area contributed by atoms with Crippen molar-refractivity contribution in [1.29, 1.82) is 0 Å². The molecule has 0 aromatic heterocycles. The third-order valence-corrected chi connectivity index (χ3v) is 3.60. The van der Waals surface area contributed by atoms with Gasteiger partial charge in [-0.05, 0) is 12.5 Å². The van der Waals surface area contributed by atoms with Crippen LogP contribution in [-0.2, 0) is 14.3 Å². The first-order valence-electron chi connectivity index (χ1n) is 8.72. The van der Waals surface area contributed by atoms with Crippen LogP contribution in [0.4, 0.5) is 0 Å². The Morgan fingerprint density at radius 1 is 0.783 bits per heavy atom. The Morgan fingerprint density at radius 3 is 1.65 bits per heavy atom. The van der Waals surface area contributed by atoms with Crippen molar-refractivity contribution in [2.45, 2.75) is 84.0 Å². The Kier molecular flexibility index (Phi) is 21.9. The van der Waals surface area contributed by atoms with Crippen LogP contribution in [0.1, 0.15) is 84.0 Å². The molecule has 0 unspecified atom stereocenters. The second-order valence-electron chi connectivity index (χ2n) is 5.71. The number of aliphatic carboxylic acids is 1. The van der Waals surface area contributed by atoms with Gasteiger partial charge in [-0.3, -0.25) is 0 Å². The molecule has 0 aromatic rings. The SMILES string of the molecule is CCCCCCCCCCCCCCOC(=O)/C=C/C(=O)[O-].[Ca+2]. The molecule has 0 aromatic carbocycles. The number of carbonyl (C=O) groups excluding carboxylic acids is 2. The van der Waals surface area contributed by atoms with Crippen molar-refractivity contribution < 1.29 is 19.4 Å². The molecule has 0 fully saturated rings. The standard InChI is InChI=1S/C18H32O4.Ca/c1-2-3-4-5-6-7-8-9-10-11-12-13-16-22-18(21)15-14-17(19)20;/h14-15H,2-13,16H2,1H3,(H,19,20);/q;+2/p-1/b15-14+;. The van der Waals surface area contributed by atoms with Crippen LogP contribution in [0, 0.1) is 0 Å². The Balaban J connectivity index is 0. The number of unbranched alkanes of at least 4 members (excludes halogenated alkanes) is 11. The van der Waals surface area contributed by atoms with E-state index in [-0.39, 0.29) is 37.7 Å². The minimum atomic E-state index is -1.39. The van der Waals surface area contributed by atoms with E-state index < -0.39 is 11.9 Å². The number of hydrogen-bond acceptors (Lipinski definition) is 4. The van der Waals surface area contributed by atoms with Crippen LogP contribution in [0.5, 0.6) is 0 Å². The summed E-state index contributed by atoms with van der Waals surface area (Å²) in [6, 6.07) is 0. The summed E-state index contributed by atoms with van der Waals surface area (Å²) in [5.74, 6) is -2.01. The van der Waals surface area contributed by atoms with E-state index in [0.29, 0.717) is 12.7 Å². The smallest absolute Gasteiger partial charge is 0.545 e. The maximum absolute atomic E-state index is 11.0. The number of esters is 1. The number of carboxylic acids is 1. The normalized spacial score (nSPS) is 10.5. The van der Waals surface area contributed by atoms with E-state index in [9.17, 15) is 14.7 Å². The van der Waals surface area contributed by atoms with Crippen LogP contribution in [0.25, 0.3) is 0 Å². The molecule has 0 rings (SSSR count). The van der Waals surface area contributed by atoms with E-state index >= 15 is 0 Å². The third-order valence-electron chi connectivity index (χ3n) is 3.60. The summed E-state index contributed by atoms with van der Waals surface area (Å²) in [5.41, 5.74) is 0. The molecule has 0 N–H and O–H groups in total. The minimum absolute atomic E-state index is 0. The van der Waals surface area contributed by atoms with Gasteiger partial charge in [-0.25, -0.2) is 4.79 Å². The summed E-state index contributed by atoms with van der Waals surface area (Å²) in [4.78, 5) is 21.1. The van der Waals surface area contributed by atoms with E-state index in [1.165, 1.54) is 64.2 Å². The molecular weight excluding hydrogens is 320 g/mol. The van der Waals surface area contributed by atoms with Crippen LogP contribution < -0.4 is 5.11 Å². The van der Waals surface area contributed by atoms with Gasteiger partial charge in [0.1, 0.15) is 0 Å². The molecule has 128 valence electrons. The molecule has 0 amide bonds. The summed E-state index contributed by atoms with van der Waals surface area (Å²) in [5, 5.41) is 10.1. The van der Waals surface area contributed by atoms with E-state index in [1.54, 1.807) is 0 Å². The average Bonchev–Trinajstić information content (AvgIpc) is 2.49. The van der Waals surface area contributed by atoms with Crippen LogP contribution in [-0.4, -0.2) is 56.3 Å². The minimum Gasteiger partial charge on any atom is -0.545 e. The summed E-state index contributed by atoms with van der Waals surface area (Å²) in [7, 11) is 0. The zero-order chi connectivity index (χ0) is 16.5. The molecule has 0 atom stereocenters. The summed E-state index contributed by atoms with van der Waals surface area (Å²) in [6.07, 6.45) is 16.7. The van der Waals surface area contributed by atoms with Crippen LogP contribution in [0.15, 0.2) is 12.2 Å². The Labute approximate surface area is 171 Å². The number of hydrogen-bond donors (Lipinski definition) is 0. The topological polar surface area (TPSA) is 66.4 Å². The van der Waals surface area contributed by atoms with Crippen molar-refractivity contribution in [3.8, 4) is 0 Å². The molecule has 0 aliphatic carbocycles. The number of rotatable bonds is 15. The van der Waals surface area contributed by atoms with Gasteiger partial charge < -0.3 is 14.6 Å². The summed E-state index contributed by atoms with van der Waals surface area (Å²) < 4.78 is 4.87. The van der Waals surface area contributed by atoms with E-state index in [1.807, 2.05) is 0 Å². The molecule has 23 heavy (non-hydrogen) atoms. The molecule has 0 radical (unpaired) electrons. The zero-order valence-electron chi connectivity index (χ0n) is 14.7. The van der Waals surface area contributed by atoms with Gasteiger partial charge in [0.15, 0.2) is 0 Å². The second-order valence-corrected chi connectivity index (χ2v) is 5.71.